The summed E-state index contributed by atoms with van der Waals surface area (Å²) in [4.78, 5) is 11.1. The smallest absolute Gasteiger partial charge is 0.242 e. The summed E-state index contributed by atoms with van der Waals surface area (Å²) in [7, 11) is 0. The van der Waals surface area contributed by atoms with Crippen LogP contribution in [0.5, 0.6) is 0 Å². The van der Waals surface area contributed by atoms with Gasteiger partial charge in [0.15, 0.2) is 0 Å². The van der Waals surface area contributed by atoms with Crippen molar-refractivity contribution in [1.29, 1.82) is 0 Å². The summed E-state index contributed by atoms with van der Waals surface area (Å²) in [5, 5.41) is 2.32. The molecule has 0 aromatic heterocycles. The second-order valence-corrected chi connectivity index (χ2v) is 3.34. The molecular weight excluding hydrogens is 174 g/mol. The topological polar surface area (TPSA) is 29.1 Å². The van der Waals surface area contributed by atoms with Crippen LogP contribution in [0, 0.1) is 0 Å². The van der Waals surface area contributed by atoms with E-state index in [4.69, 9.17) is 11.6 Å². The van der Waals surface area contributed by atoms with Gasteiger partial charge in [-0.2, -0.15) is 0 Å². The van der Waals surface area contributed by atoms with Crippen molar-refractivity contribution in [1.82, 2.24) is 0 Å². The Morgan fingerprint density at radius 3 is 3.00 bits per heavy atom. The Balaban J connectivity index is 2.40. The number of carbonyl (C=O) groups excluding carboxylic acids is 1. The molecule has 3 heteroatoms. The molecule has 0 fully saturated rings. The van der Waals surface area contributed by atoms with Gasteiger partial charge in [0.25, 0.3) is 0 Å². The van der Waals surface area contributed by atoms with Crippen LogP contribution in [-0.2, 0) is 11.2 Å². The minimum absolute atomic E-state index is 0.102. The Morgan fingerprint density at radius 2 is 2.17 bits per heavy atom. The highest BCUT2D eigenvalue weighted by Crippen LogP contribution is 2.23. The molecule has 1 amide bonds. The van der Waals surface area contributed by atoms with Crippen molar-refractivity contribution in [2.24, 2.45) is 0 Å². The number of hydrogen-bond donors (Lipinski definition) is 1. The summed E-state index contributed by atoms with van der Waals surface area (Å²) in [6, 6.07) is 7.70. The molecule has 1 N–H and O–H groups in total. The Labute approximate surface area is 75.5 Å². The van der Waals surface area contributed by atoms with Gasteiger partial charge in [0, 0.05) is 5.69 Å². The maximum Gasteiger partial charge on any atom is 0.242 e. The quantitative estimate of drug-likeness (QED) is 0.608. The number of benzene rings is 1. The van der Waals surface area contributed by atoms with E-state index in [0.717, 1.165) is 11.3 Å². The number of anilines is 1. The van der Waals surface area contributed by atoms with E-state index < -0.39 is 5.38 Å². The van der Waals surface area contributed by atoms with Crippen molar-refractivity contribution >= 4 is 23.2 Å². The summed E-state index contributed by atoms with van der Waals surface area (Å²) in [6.45, 7) is 0. The molecule has 1 aliphatic heterocycles. The molecule has 0 saturated carbocycles. The van der Waals surface area contributed by atoms with Gasteiger partial charge in [-0.25, -0.2) is 0 Å². The first kappa shape index (κ1) is 7.62. The summed E-state index contributed by atoms with van der Waals surface area (Å²) in [6.07, 6.45) is 0.629. The van der Waals surface area contributed by atoms with Crippen LogP contribution in [0.25, 0.3) is 0 Å². The van der Waals surface area contributed by atoms with Crippen LogP contribution >= 0.6 is 11.6 Å². The van der Waals surface area contributed by atoms with Crippen LogP contribution in [0.2, 0.25) is 0 Å². The first-order chi connectivity index (χ1) is 5.77. The largest absolute Gasteiger partial charge is 0.325 e. The number of para-hydroxylation sites is 1. The van der Waals surface area contributed by atoms with Gasteiger partial charge in [-0.1, -0.05) is 18.2 Å². The summed E-state index contributed by atoms with van der Waals surface area (Å²) in [5.74, 6) is -0.102. The predicted molar refractivity (Wildman–Crippen MR) is 48.4 cm³/mol. The van der Waals surface area contributed by atoms with E-state index in [0.29, 0.717) is 6.42 Å². The molecule has 2 nitrogen and oxygen atoms in total. The van der Waals surface area contributed by atoms with Gasteiger partial charge in [-0.15, -0.1) is 11.6 Å². The van der Waals surface area contributed by atoms with Crippen molar-refractivity contribution < 1.29 is 4.79 Å². The minimum atomic E-state index is -0.417. The molecule has 62 valence electrons. The maximum absolute atomic E-state index is 11.1. The SMILES string of the molecule is O=C1Nc2ccccc2CC1Cl. The van der Waals surface area contributed by atoms with Gasteiger partial charge in [-0.05, 0) is 18.1 Å². The van der Waals surface area contributed by atoms with Crippen molar-refractivity contribution in [2.75, 3.05) is 5.32 Å². The van der Waals surface area contributed by atoms with E-state index in [-0.39, 0.29) is 5.91 Å². The zero-order valence-electron chi connectivity index (χ0n) is 6.38. The lowest BCUT2D eigenvalue weighted by Crippen LogP contribution is -2.30. The molecule has 0 saturated heterocycles. The normalized spacial score (nSPS) is 21.4. The van der Waals surface area contributed by atoms with Crippen molar-refractivity contribution in [2.45, 2.75) is 11.8 Å². The standard InChI is InChI=1S/C9H8ClNO/c10-7-5-6-3-1-2-4-8(6)11-9(7)12/h1-4,7H,5H2,(H,11,12). The van der Waals surface area contributed by atoms with Gasteiger partial charge in [0.05, 0.1) is 0 Å². The fourth-order valence-corrected chi connectivity index (χ4v) is 1.54. The van der Waals surface area contributed by atoms with Gasteiger partial charge < -0.3 is 5.32 Å². The molecule has 1 aromatic rings. The zero-order chi connectivity index (χ0) is 8.55. The highest BCUT2D eigenvalue weighted by atomic mass is 35.5. The van der Waals surface area contributed by atoms with Crippen LogP contribution < -0.4 is 5.32 Å². The van der Waals surface area contributed by atoms with Crippen molar-refractivity contribution in [3.05, 3.63) is 29.8 Å². The minimum Gasteiger partial charge on any atom is -0.325 e. The molecule has 1 heterocycles. The monoisotopic (exact) mass is 181 g/mol. The van der Waals surface area contributed by atoms with E-state index in [1.54, 1.807) is 0 Å². The Hall–Kier alpha value is -1.02. The van der Waals surface area contributed by atoms with Crippen LogP contribution in [0.1, 0.15) is 5.56 Å². The average molecular weight is 182 g/mol. The van der Waals surface area contributed by atoms with E-state index >= 15 is 0 Å². The van der Waals surface area contributed by atoms with Crippen LogP contribution in [-0.4, -0.2) is 11.3 Å². The number of rotatable bonds is 0. The summed E-state index contributed by atoms with van der Waals surface area (Å²) < 4.78 is 0. The highest BCUT2D eigenvalue weighted by molar-refractivity contribution is 6.33. The number of amides is 1. The van der Waals surface area contributed by atoms with E-state index in [2.05, 4.69) is 5.32 Å². The maximum atomic E-state index is 11.1. The first-order valence-electron chi connectivity index (χ1n) is 3.80. The Kier molecular flexibility index (Phi) is 1.77. The van der Waals surface area contributed by atoms with Crippen LogP contribution in [0.15, 0.2) is 24.3 Å². The van der Waals surface area contributed by atoms with Crippen LogP contribution in [0.4, 0.5) is 5.69 Å². The fourth-order valence-electron chi connectivity index (χ4n) is 1.32. The summed E-state index contributed by atoms with van der Waals surface area (Å²) >= 11 is 5.78. The Bertz CT molecular complexity index is 324. The molecule has 2 rings (SSSR count). The molecule has 1 atom stereocenters. The molecular formula is C9H8ClNO. The molecule has 12 heavy (non-hydrogen) atoms. The molecule has 1 aromatic carbocycles. The van der Waals surface area contributed by atoms with Gasteiger partial charge in [-0.3, -0.25) is 4.79 Å². The number of hydrogen-bond acceptors (Lipinski definition) is 1. The number of carbonyl (C=O) groups is 1. The lowest BCUT2D eigenvalue weighted by molar-refractivity contribution is -0.116. The molecule has 1 aliphatic rings. The second kappa shape index (κ2) is 2.79. The first-order valence-corrected chi connectivity index (χ1v) is 4.24. The number of halogens is 1. The molecule has 0 radical (unpaired) electrons. The van der Waals surface area contributed by atoms with Gasteiger partial charge in [0.1, 0.15) is 5.38 Å². The third-order valence-corrected chi connectivity index (χ3v) is 2.31. The number of alkyl halides is 1. The molecule has 0 spiro atoms. The van der Waals surface area contributed by atoms with Gasteiger partial charge in [0.2, 0.25) is 5.91 Å². The predicted octanol–water partition coefficient (Wildman–Crippen LogP) is 1.79. The van der Waals surface area contributed by atoms with Crippen molar-refractivity contribution in [3.63, 3.8) is 0 Å². The lowest BCUT2D eigenvalue weighted by Gasteiger charge is -2.19. The lowest BCUT2D eigenvalue weighted by atomic mass is 10.0. The number of fused-ring (bicyclic) bond motifs is 1. The third kappa shape index (κ3) is 1.18. The fraction of sp³-hybridized carbons (Fsp3) is 0.222. The third-order valence-electron chi connectivity index (χ3n) is 1.96. The highest BCUT2D eigenvalue weighted by Gasteiger charge is 2.22. The Morgan fingerprint density at radius 1 is 1.42 bits per heavy atom. The van der Waals surface area contributed by atoms with E-state index in [1.165, 1.54) is 0 Å². The average Bonchev–Trinajstić information content (AvgIpc) is 2.07. The second-order valence-electron chi connectivity index (χ2n) is 2.82. The molecule has 1 unspecified atom stereocenters. The van der Waals surface area contributed by atoms with Crippen molar-refractivity contribution in [3.8, 4) is 0 Å². The van der Waals surface area contributed by atoms with Crippen LogP contribution in [0.3, 0.4) is 0 Å². The number of nitrogens with one attached hydrogen (secondary N) is 1. The van der Waals surface area contributed by atoms with E-state index in [9.17, 15) is 4.79 Å². The summed E-state index contributed by atoms with van der Waals surface area (Å²) in [5.41, 5.74) is 2.00. The van der Waals surface area contributed by atoms with E-state index in [1.807, 2.05) is 24.3 Å². The molecule has 0 bridgehead atoms. The zero-order valence-corrected chi connectivity index (χ0v) is 7.14. The molecule has 0 aliphatic carbocycles. The van der Waals surface area contributed by atoms with Gasteiger partial charge >= 0.3 is 0 Å².